The van der Waals surface area contributed by atoms with Gasteiger partial charge in [-0.05, 0) is 18.2 Å². The highest BCUT2D eigenvalue weighted by Gasteiger charge is 2.27. The molecule has 0 spiro atoms. The molecule has 0 radical (unpaired) electrons. The van der Waals surface area contributed by atoms with Gasteiger partial charge in [-0.2, -0.15) is 0 Å². The zero-order chi connectivity index (χ0) is 19.6. The molecule has 3 rings (SSSR count). The summed E-state index contributed by atoms with van der Waals surface area (Å²) in [6.07, 6.45) is 0. The highest BCUT2D eigenvalue weighted by molar-refractivity contribution is 5.96. The van der Waals surface area contributed by atoms with Crippen LogP contribution in [0.25, 0.3) is 22.4 Å². The molecule has 0 fully saturated rings. The van der Waals surface area contributed by atoms with E-state index in [1.54, 1.807) is 0 Å². The van der Waals surface area contributed by atoms with Gasteiger partial charge in [0.15, 0.2) is 11.5 Å². The SMILES string of the molecule is COc1c(C(=O)O)cc(-c2nc3ccccc3n2CCO)c(OC)c1OC. The van der Waals surface area contributed by atoms with E-state index in [-0.39, 0.29) is 30.2 Å². The van der Waals surface area contributed by atoms with Crippen molar-refractivity contribution in [3.63, 3.8) is 0 Å². The van der Waals surface area contributed by atoms with Crippen LogP contribution in [0.5, 0.6) is 17.2 Å². The predicted octanol–water partition coefficient (Wildman–Crippen LogP) is 2.42. The number of ether oxygens (including phenoxy) is 3. The first kappa shape index (κ1) is 18.5. The van der Waals surface area contributed by atoms with E-state index >= 15 is 0 Å². The maximum absolute atomic E-state index is 11.8. The first-order chi connectivity index (χ1) is 13.1. The summed E-state index contributed by atoms with van der Waals surface area (Å²) in [5.74, 6) is -0.175. The second kappa shape index (κ2) is 7.55. The van der Waals surface area contributed by atoms with Crippen LogP contribution in [0.1, 0.15) is 10.4 Å². The van der Waals surface area contributed by atoms with E-state index in [2.05, 4.69) is 4.98 Å². The summed E-state index contributed by atoms with van der Waals surface area (Å²) in [7, 11) is 4.23. The number of hydrogen-bond acceptors (Lipinski definition) is 6. The molecular formula is C19H20N2O6. The Hall–Kier alpha value is -3.26. The minimum atomic E-state index is -1.17. The first-order valence-corrected chi connectivity index (χ1v) is 8.20. The Morgan fingerprint density at radius 2 is 1.74 bits per heavy atom. The smallest absolute Gasteiger partial charge is 0.339 e. The normalized spacial score (nSPS) is 10.8. The molecule has 0 saturated carbocycles. The lowest BCUT2D eigenvalue weighted by Gasteiger charge is -2.18. The van der Waals surface area contributed by atoms with Gasteiger partial charge in [0.1, 0.15) is 11.4 Å². The molecule has 0 amide bonds. The van der Waals surface area contributed by atoms with Gasteiger partial charge >= 0.3 is 5.97 Å². The monoisotopic (exact) mass is 372 g/mol. The number of methoxy groups -OCH3 is 3. The van der Waals surface area contributed by atoms with Gasteiger partial charge in [0, 0.05) is 6.54 Å². The Morgan fingerprint density at radius 3 is 2.33 bits per heavy atom. The molecule has 0 bridgehead atoms. The van der Waals surface area contributed by atoms with Gasteiger partial charge < -0.3 is 29.0 Å². The van der Waals surface area contributed by atoms with Crippen LogP contribution in [0, 0.1) is 0 Å². The van der Waals surface area contributed by atoms with Crippen LogP contribution in [-0.2, 0) is 6.54 Å². The lowest BCUT2D eigenvalue weighted by atomic mass is 10.1. The molecule has 0 aliphatic rings. The number of hydrogen-bond donors (Lipinski definition) is 2. The van der Waals surface area contributed by atoms with Crippen LogP contribution in [0.4, 0.5) is 0 Å². The maximum Gasteiger partial charge on any atom is 0.339 e. The van der Waals surface area contributed by atoms with Crippen molar-refractivity contribution in [2.24, 2.45) is 0 Å². The number of benzene rings is 2. The van der Waals surface area contributed by atoms with Crippen molar-refractivity contribution in [2.75, 3.05) is 27.9 Å². The molecule has 2 N–H and O–H groups in total. The van der Waals surface area contributed by atoms with Crippen molar-refractivity contribution in [2.45, 2.75) is 6.54 Å². The summed E-state index contributed by atoms with van der Waals surface area (Å²) in [6, 6.07) is 8.90. The Labute approximate surface area is 155 Å². The quantitative estimate of drug-likeness (QED) is 0.656. The van der Waals surface area contributed by atoms with E-state index in [4.69, 9.17) is 14.2 Å². The number of para-hydroxylation sites is 2. The Balaban J connectivity index is 2.40. The third-order valence-corrected chi connectivity index (χ3v) is 4.25. The summed E-state index contributed by atoms with van der Waals surface area (Å²) >= 11 is 0. The van der Waals surface area contributed by atoms with Crippen LogP contribution in [-0.4, -0.2) is 53.7 Å². The fraction of sp³-hybridized carbons (Fsp3) is 0.263. The van der Waals surface area contributed by atoms with Crippen LogP contribution >= 0.6 is 0 Å². The van der Waals surface area contributed by atoms with E-state index in [1.807, 2.05) is 28.8 Å². The molecule has 0 aliphatic carbocycles. The molecule has 0 aliphatic heterocycles. The number of carboxylic acids is 1. The van der Waals surface area contributed by atoms with Gasteiger partial charge in [-0.3, -0.25) is 0 Å². The fourth-order valence-electron chi connectivity index (χ4n) is 3.15. The van der Waals surface area contributed by atoms with Gasteiger partial charge in [0.05, 0.1) is 44.5 Å². The summed E-state index contributed by atoms with van der Waals surface area (Å²) < 4.78 is 18.0. The van der Waals surface area contributed by atoms with Gasteiger partial charge in [-0.15, -0.1) is 0 Å². The number of aliphatic hydroxyl groups is 1. The molecular weight excluding hydrogens is 352 g/mol. The van der Waals surface area contributed by atoms with Gasteiger partial charge in [0.25, 0.3) is 0 Å². The molecule has 2 aromatic carbocycles. The summed E-state index contributed by atoms with van der Waals surface area (Å²) in [4.78, 5) is 16.4. The van der Waals surface area contributed by atoms with Crippen molar-refractivity contribution < 1.29 is 29.2 Å². The molecule has 1 heterocycles. The number of aromatic nitrogens is 2. The molecule has 8 nitrogen and oxygen atoms in total. The second-order valence-electron chi connectivity index (χ2n) is 5.68. The number of imidazole rings is 1. The lowest BCUT2D eigenvalue weighted by molar-refractivity contribution is 0.0692. The highest BCUT2D eigenvalue weighted by atomic mass is 16.5. The molecule has 0 unspecified atom stereocenters. The third-order valence-electron chi connectivity index (χ3n) is 4.25. The zero-order valence-electron chi connectivity index (χ0n) is 15.2. The van der Waals surface area contributed by atoms with Gasteiger partial charge in [-0.25, -0.2) is 9.78 Å². The Morgan fingerprint density at radius 1 is 1.07 bits per heavy atom. The van der Waals surface area contributed by atoms with Gasteiger partial charge in [0.2, 0.25) is 5.75 Å². The van der Waals surface area contributed by atoms with E-state index in [9.17, 15) is 15.0 Å². The number of carbonyl (C=O) groups is 1. The average Bonchev–Trinajstić information content (AvgIpc) is 3.04. The number of nitrogens with zero attached hydrogens (tertiary/aromatic N) is 2. The number of fused-ring (bicyclic) bond motifs is 1. The van der Waals surface area contributed by atoms with Crippen molar-refractivity contribution in [3.8, 4) is 28.6 Å². The minimum Gasteiger partial charge on any atom is -0.492 e. The highest BCUT2D eigenvalue weighted by Crippen LogP contribution is 2.46. The predicted molar refractivity (Wildman–Crippen MR) is 98.9 cm³/mol. The van der Waals surface area contributed by atoms with E-state index in [0.717, 1.165) is 11.0 Å². The Bertz CT molecular complexity index is 996. The lowest BCUT2D eigenvalue weighted by Crippen LogP contribution is -2.08. The van der Waals surface area contributed by atoms with Crippen molar-refractivity contribution >= 4 is 17.0 Å². The number of aromatic carboxylic acids is 1. The zero-order valence-corrected chi connectivity index (χ0v) is 15.2. The van der Waals surface area contributed by atoms with Crippen molar-refractivity contribution in [1.82, 2.24) is 9.55 Å². The third kappa shape index (κ3) is 3.04. The summed E-state index contributed by atoms with van der Waals surface area (Å²) in [5, 5.41) is 19.1. The fourth-order valence-corrected chi connectivity index (χ4v) is 3.15. The molecule has 27 heavy (non-hydrogen) atoms. The van der Waals surface area contributed by atoms with Crippen molar-refractivity contribution in [1.29, 1.82) is 0 Å². The summed E-state index contributed by atoms with van der Waals surface area (Å²) in [6.45, 7) is 0.185. The standard InChI is InChI=1S/C19H20N2O6/c1-25-15-11(10-12(19(23)24)16(26-2)17(15)27-3)18-20-13-6-4-5-7-14(13)21(18)8-9-22/h4-7,10,22H,8-9H2,1-3H3,(H,23,24). The molecule has 1 aromatic heterocycles. The number of carboxylic acid groups (broad SMARTS) is 1. The largest absolute Gasteiger partial charge is 0.492 e. The van der Waals surface area contributed by atoms with Crippen LogP contribution in [0.15, 0.2) is 30.3 Å². The topological polar surface area (TPSA) is 103 Å². The van der Waals surface area contributed by atoms with E-state index in [0.29, 0.717) is 17.1 Å². The molecule has 142 valence electrons. The Kier molecular flexibility index (Phi) is 5.18. The molecule has 0 saturated heterocycles. The van der Waals surface area contributed by atoms with E-state index in [1.165, 1.54) is 27.4 Å². The van der Waals surface area contributed by atoms with Gasteiger partial charge in [-0.1, -0.05) is 12.1 Å². The number of rotatable bonds is 7. The average molecular weight is 372 g/mol. The maximum atomic E-state index is 11.8. The molecule has 8 heteroatoms. The molecule has 0 atom stereocenters. The summed E-state index contributed by atoms with van der Waals surface area (Å²) in [5.41, 5.74) is 1.88. The minimum absolute atomic E-state index is 0.0652. The molecule has 3 aromatic rings. The van der Waals surface area contributed by atoms with E-state index < -0.39 is 5.97 Å². The van der Waals surface area contributed by atoms with Crippen molar-refractivity contribution in [3.05, 3.63) is 35.9 Å². The van der Waals surface area contributed by atoms with Crippen LogP contribution in [0.3, 0.4) is 0 Å². The number of aliphatic hydroxyl groups excluding tert-OH is 1. The second-order valence-corrected chi connectivity index (χ2v) is 5.68. The van der Waals surface area contributed by atoms with Crippen LogP contribution in [0.2, 0.25) is 0 Å². The van der Waals surface area contributed by atoms with Crippen LogP contribution < -0.4 is 14.2 Å². The first-order valence-electron chi connectivity index (χ1n) is 8.20.